The monoisotopic (exact) mass is 344 g/mol. The maximum Gasteiger partial charge on any atom is 0.189 e. The topological polar surface area (TPSA) is 73.9 Å². The van der Waals surface area contributed by atoms with Crippen LogP contribution in [-0.2, 0) is 13.1 Å². The lowest BCUT2D eigenvalue weighted by Gasteiger charge is -2.18. The third-order valence-electron chi connectivity index (χ3n) is 5.39. The lowest BCUT2D eigenvalue weighted by molar-refractivity contribution is 0.174. The molecule has 1 heterocycles. The van der Waals surface area contributed by atoms with Crippen LogP contribution < -0.4 is 11.1 Å². The summed E-state index contributed by atoms with van der Waals surface area (Å²) >= 11 is 0. The Labute approximate surface area is 151 Å². The number of aliphatic hydroxyl groups is 1. The van der Waals surface area contributed by atoms with Crippen molar-refractivity contribution >= 4 is 5.96 Å². The second-order valence-corrected chi connectivity index (χ2v) is 7.48. The van der Waals surface area contributed by atoms with E-state index in [-0.39, 0.29) is 6.10 Å². The minimum atomic E-state index is -0.176. The highest BCUT2D eigenvalue weighted by atomic mass is 16.3. The standard InChI is InChI=1S/C20H32N4O/c21-20(23-18-9-3-1-2-4-10-18)22-13-16-7-5-6-8-17(16)14-24-12-11-19(25)15-24/h5-8,18-19,25H,1-4,9-15H2,(H3,21,22,23). The summed E-state index contributed by atoms with van der Waals surface area (Å²) in [5, 5.41) is 13.1. The first kappa shape index (κ1) is 18.2. The minimum absolute atomic E-state index is 0.176. The molecule has 138 valence electrons. The van der Waals surface area contributed by atoms with Gasteiger partial charge in [-0.2, -0.15) is 0 Å². The van der Waals surface area contributed by atoms with Crippen molar-refractivity contribution in [3.8, 4) is 0 Å². The van der Waals surface area contributed by atoms with Crippen molar-refractivity contribution in [1.29, 1.82) is 0 Å². The molecule has 1 aromatic rings. The fourth-order valence-corrected chi connectivity index (χ4v) is 3.91. The Balaban J connectivity index is 1.56. The average Bonchev–Trinajstić information content (AvgIpc) is 2.85. The molecule has 25 heavy (non-hydrogen) atoms. The summed E-state index contributed by atoms with van der Waals surface area (Å²) in [6.07, 6.45) is 8.35. The molecule has 0 bridgehead atoms. The first-order valence-electron chi connectivity index (χ1n) is 9.74. The number of nitrogens with zero attached hydrogens (tertiary/aromatic N) is 2. The van der Waals surface area contributed by atoms with Gasteiger partial charge in [-0.05, 0) is 30.4 Å². The number of likely N-dealkylation sites (tertiary alicyclic amines) is 1. The number of hydrogen-bond acceptors (Lipinski definition) is 3. The first-order chi connectivity index (χ1) is 12.2. The van der Waals surface area contributed by atoms with E-state index in [2.05, 4.69) is 39.5 Å². The van der Waals surface area contributed by atoms with Gasteiger partial charge in [-0.1, -0.05) is 49.9 Å². The van der Waals surface area contributed by atoms with E-state index in [0.29, 0.717) is 18.5 Å². The molecule has 0 spiro atoms. The first-order valence-corrected chi connectivity index (χ1v) is 9.74. The van der Waals surface area contributed by atoms with Crippen LogP contribution in [0.15, 0.2) is 29.3 Å². The Morgan fingerprint density at radius 3 is 2.52 bits per heavy atom. The van der Waals surface area contributed by atoms with Crippen molar-refractivity contribution in [2.45, 2.75) is 70.2 Å². The molecular formula is C20H32N4O. The van der Waals surface area contributed by atoms with Crippen LogP contribution in [0.2, 0.25) is 0 Å². The van der Waals surface area contributed by atoms with Gasteiger partial charge in [0.05, 0.1) is 12.6 Å². The molecular weight excluding hydrogens is 312 g/mol. The highest BCUT2D eigenvalue weighted by molar-refractivity contribution is 5.78. The van der Waals surface area contributed by atoms with Crippen LogP contribution >= 0.6 is 0 Å². The summed E-state index contributed by atoms with van der Waals surface area (Å²) in [7, 11) is 0. The van der Waals surface area contributed by atoms with Crippen molar-refractivity contribution < 1.29 is 5.11 Å². The normalized spacial score (nSPS) is 23.6. The van der Waals surface area contributed by atoms with Crippen molar-refractivity contribution in [3.05, 3.63) is 35.4 Å². The Morgan fingerprint density at radius 2 is 1.84 bits per heavy atom. The van der Waals surface area contributed by atoms with Gasteiger partial charge in [-0.3, -0.25) is 4.90 Å². The SMILES string of the molecule is NC(=NCc1ccccc1CN1CCC(O)C1)NC1CCCCCC1. The number of rotatable bonds is 5. The van der Waals surface area contributed by atoms with Gasteiger partial charge in [0.25, 0.3) is 0 Å². The zero-order chi connectivity index (χ0) is 17.5. The largest absolute Gasteiger partial charge is 0.392 e. The molecule has 1 aliphatic carbocycles. The van der Waals surface area contributed by atoms with Crippen molar-refractivity contribution in [2.24, 2.45) is 10.7 Å². The molecule has 0 aromatic heterocycles. The van der Waals surface area contributed by atoms with Crippen molar-refractivity contribution in [3.63, 3.8) is 0 Å². The molecule has 1 saturated carbocycles. The molecule has 1 unspecified atom stereocenters. The summed E-state index contributed by atoms with van der Waals surface area (Å²) in [5.41, 5.74) is 8.63. The molecule has 1 aromatic carbocycles. The van der Waals surface area contributed by atoms with Gasteiger partial charge in [0.15, 0.2) is 5.96 Å². The molecule has 0 amide bonds. The van der Waals surface area contributed by atoms with Gasteiger partial charge in [0.2, 0.25) is 0 Å². The zero-order valence-corrected chi connectivity index (χ0v) is 15.2. The molecule has 3 rings (SSSR count). The fraction of sp³-hybridized carbons (Fsp3) is 0.650. The number of nitrogens with one attached hydrogen (secondary N) is 1. The zero-order valence-electron chi connectivity index (χ0n) is 15.2. The molecule has 1 saturated heterocycles. The number of β-amino-alcohol motifs (C(OH)–C–C–N with tert-alkyl or cyclic N) is 1. The van der Waals surface area contributed by atoms with Crippen LogP contribution in [0.25, 0.3) is 0 Å². The predicted octanol–water partition coefficient (Wildman–Crippen LogP) is 2.38. The Bertz CT molecular complexity index is 567. The summed E-state index contributed by atoms with van der Waals surface area (Å²) in [5.74, 6) is 0.568. The van der Waals surface area contributed by atoms with E-state index in [0.717, 1.165) is 26.1 Å². The third kappa shape index (κ3) is 5.72. The van der Waals surface area contributed by atoms with Gasteiger partial charge < -0.3 is 16.2 Å². The lowest BCUT2D eigenvalue weighted by atomic mass is 10.1. The second-order valence-electron chi connectivity index (χ2n) is 7.48. The summed E-state index contributed by atoms with van der Waals surface area (Å²) in [6.45, 7) is 3.21. The second kappa shape index (κ2) is 9.20. The number of benzene rings is 1. The van der Waals surface area contributed by atoms with Gasteiger partial charge in [-0.25, -0.2) is 4.99 Å². The molecule has 0 radical (unpaired) electrons. The average molecular weight is 345 g/mol. The van der Waals surface area contributed by atoms with Crippen LogP contribution in [0.4, 0.5) is 0 Å². The van der Waals surface area contributed by atoms with Crippen LogP contribution in [0.3, 0.4) is 0 Å². The molecule has 5 nitrogen and oxygen atoms in total. The molecule has 5 heteroatoms. The fourth-order valence-electron chi connectivity index (χ4n) is 3.91. The van der Waals surface area contributed by atoms with Crippen molar-refractivity contribution in [1.82, 2.24) is 10.2 Å². The smallest absolute Gasteiger partial charge is 0.189 e. The van der Waals surface area contributed by atoms with E-state index in [1.165, 1.54) is 49.7 Å². The quantitative estimate of drug-likeness (QED) is 0.436. The number of nitrogens with two attached hydrogens (primary N) is 1. The van der Waals surface area contributed by atoms with E-state index in [1.807, 2.05) is 0 Å². The van der Waals surface area contributed by atoms with Crippen molar-refractivity contribution in [2.75, 3.05) is 13.1 Å². The van der Waals surface area contributed by atoms with Gasteiger partial charge in [-0.15, -0.1) is 0 Å². The van der Waals surface area contributed by atoms with E-state index >= 15 is 0 Å². The summed E-state index contributed by atoms with van der Waals surface area (Å²) in [4.78, 5) is 6.89. The van der Waals surface area contributed by atoms with E-state index in [4.69, 9.17) is 5.73 Å². The van der Waals surface area contributed by atoms with E-state index in [9.17, 15) is 5.11 Å². The lowest BCUT2D eigenvalue weighted by Crippen LogP contribution is -2.39. The van der Waals surface area contributed by atoms with Gasteiger partial charge >= 0.3 is 0 Å². The van der Waals surface area contributed by atoms with Gasteiger partial charge in [0, 0.05) is 25.7 Å². The van der Waals surface area contributed by atoms with Crippen LogP contribution in [0.5, 0.6) is 0 Å². The van der Waals surface area contributed by atoms with Gasteiger partial charge in [0.1, 0.15) is 0 Å². The minimum Gasteiger partial charge on any atom is -0.392 e. The summed E-state index contributed by atoms with van der Waals surface area (Å²) in [6, 6.07) is 8.89. The molecule has 1 aliphatic heterocycles. The predicted molar refractivity (Wildman–Crippen MR) is 102 cm³/mol. The number of aliphatic hydroxyl groups excluding tert-OH is 1. The van der Waals surface area contributed by atoms with Crippen LogP contribution in [0.1, 0.15) is 56.1 Å². The Morgan fingerprint density at radius 1 is 1.12 bits per heavy atom. The summed E-state index contributed by atoms with van der Waals surface area (Å²) < 4.78 is 0. The Hall–Kier alpha value is -1.59. The maximum absolute atomic E-state index is 9.71. The molecule has 1 atom stereocenters. The Kier molecular flexibility index (Phi) is 6.70. The van der Waals surface area contributed by atoms with E-state index < -0.39 is 0 Å². The molecule has 4 N–H and O–H groups in total. The maximum atomic E-state index is 9.71. The van der Waals surface area contributed by atoms with E-state index in [1.54, 1.807) is 0 Å². The number of aliphatic imine (C=N–C) groups is 1. The number of guanidine groups is 1. The van der Waals surface area contributed by atoms with Crippen LogP contribution in [0, 0.1) is 0 Å². The highest BCUT2D eigenvalue weighted by Crippen LogP contribution is 2.18. The number of hydrogen-bond donors (Lipinski definition) is 3. The van der Waals surface area contributed by atoms with Crippen LogP contribution in [-0.4, -0.2) is 41.2 Å². The third-order valence-corrected chi connectivity index (χ3v) is 5.39. The highest BCUT2D eigenvalue weighted by Gasteiger charge is 2.20. The molecule has 2 aliphatic rings. The molecule has 2 fully saturated rings.